The van der Waals surface area contributed by atoms with Crippen molar-refractivity contribution >= 4 is 15.7 Å². The van der Waals surface area contributed by atoms with Gasteiger partial charge in [0.25, 0.3) is 10.0 Å². The number of quaternary nitrogens is 1. The molecular weight excluding hydrogens is 468 g/mol. The van der Waals surface area contributed by atoms with Gasteiger partial charge in [0, 0.05) is 11.1 Å². The number of aliphatic hydroxyl groups is 1. The zero-order valence-corrected chi connectivity index (χ0v) is 21.3. The summed E-state index contributed by atoms with van der Waals surface area (Å²) < 4.78 is 28.6. The number of hydrogen-bond donors (Lipinski definition) is 2. The van der Waals surface area contributed by atoms with Crippen molar-refractivity contribution in [2.75, 3.05) is 17.4 Å². The van der Waals surface area contributed by atoms with Crippen molar-refractivity contribution in [2.24, 2.45) is 0 Å². The van der Waals surface area contributed by atoms with Gasteiger partial charge in [0.1, 0.15) is 25.7 Å². The summed E-state index contributed by atoms with van der Waals surface area (Å²) in [5, 5.41) is 11.3. The van der Waals surface area contributed by atoms with Crippen molar-refractivity contribution in [3.05, 3.63) is 132 Å². The molecule has 0 heterocycles. The van der Waals surface area contributed by atoms with Gasteiger partial charge in [0.2, 0.25) is 0 Å². The highest BCUT2D eigenvalue weighted by atomic mass is 32.2. The molecule has 36 heavy (non-hydrogen) atoms. The Morgan fingerprint density at radius 1 is 0.750 bits per heavy atom. The van der Waals surface area contributed by atoms with Gasteiger partial charge in [0.05, 0.1) is 17.1 Å². The van der Waals surface area contributed by atoms with Crippen molar-refractivity contribution in [3.8, 4) is 0 Å². The first-order valence-electron chi connectivity index (χ1n) is 12.2. The molecule has 5 nitrogen and oxygen atoms in total. The Morgan fingerprint density at radius 3 is 1.81 bits per heavy atom. The quantitative estimate of drug-likeness (QED) is 0.328. The van der Waals surface area contributed by atoms with E-state index in [2.05, 4.69) is 24.3 Å². The Morgan fingerprint density at radius 2 is 1.28 bits per heavy atom. The predicted octanol–water partition coefficient (Wildman–Crippen LogP) is 3.84. The van der Waals surface area contributed by atoms with E-state index in [0.29, 0.717) is 12.2 Å². The molecule has 0 bridgehead atoms. The highest BCUT2D eigenvalue weighted by molar-refractivity contribution is 7.92. The minimum Gasteiger partial charge on any atom is -0.385 e. The van der Waals surface area contributed by atoms with Gasteiger partial charge in [-0.3, -0.25) is 4.31 Å². The summed E-state index contributed by atoms with van der Waals surface area (Å²) >= 11 is 0. The molecule has 0 aromatic heterocycles. The highest BCUT2D eigenvalue weighted by Gasteiger charge is 2.29. The monoisotopic (exact) mass is 501 g/mol. The molecule has 186 valence electrons. The molecule has 0 saturated carbocycles. The van der Waals surface area contributed by atoms with Crippen LogP contribution >= 0.6 is 0 Å². The summed E-state index contributed by atoms with van der Waals surface area (Å²) in [7, 11) is -3.86. The zero-order chi connectivity index (χ0) is 25.4. The molecule has 0 aliphatic carbocycles. The van der Waals surface area contributed by atoms with E-state index in [4.69, 9.17) is 0 Å². The fourth-order valence-electron chi connectivity index (χ4n) is 4.41. The first-order valence-corrected chi connectivity index (χ1v) is 13.6. The molecule has 1 atom stereocenters. The number of nitrogens with one attached hydrogen (secondary N) is 1. The molecule has 1 unspecified atom stereocenters. The van der Waals surface area contributed by atoms with E-state index in [9.17, 15) is 13.5 Å². The van der Waals surface area contributed by atoms with Crippen molar-refractivity contribution < 1.29 is 18.4 Å². The number of sulfonamides is 1. The number of aliphatic hydroxyl groups excluding tert-OH is 1. The molecular formula is C30H33N2O3S+. The lowest BCUT2D eigenvalue weighted by atomic mass is 10.1. The first-order chi connectivity index (χ1) is 17.4. The number of hydrogen-bond acceptors (Lipinski definition) is 3. The number of nitrogens with zero attached hydrogens (tertiary/aromatic N) is 1. The molecule has 4 rings (SSSR count). The van der Waals surface area contributed by atoms with Crippen LogP contribution in [0.3, 0.4) is 0 Å². The van der Waals surface area contributed by atoms with Crippen molar-refractivity contribution in [3.63, 3.8) is 0 Å². The standard InChI is InChI=1S/C30H32N2O3S/c1-25-12-11-17-28(20-25)32(36(34,35)30-18-9-4-10-19-30)24-29(33)23-31(21-26-13-5-2-6-14-26)22-27-15-7-3-8-16-27/h2-20,29,33H,21-24H2,1H3/p+1. The Hall–Kier alpha value is -3.45. The van der Waals surface area contributed by atoms with E-state index < -0.39 is 16.1 Å². The Kier molecular flexibility index (Phi) is 8.54. The van der Waals surface area contributed by atoms with Crippen LogP contribution in [0.15, 0.2) is 120 Å². The van der Waals surface area contributed by atoms with Crippen LogP contribution in [-0.4, -0.2) is 32.7 Å². The van der Waals surface area contributed by atoms with Gasteiger partial charge >= 0.3 is 0 Å². The maximum atomic E-state index is 13.7. The third-order valence-electron chi connectivity index (χ3n) is 6.12. The van der Waals surface area contributed by atoms with Crippen LogP contribution < -0.4 is 9.21 Å². The highest BCUT2D eigenvalue weighted by Crippen LogP contribution is 2.24. The second-order valence-corrected chi connectivity index (χ2v) is 11.0. The molecule has 4 aromatic carbocycles. The molecule has 0 saturated heterocycles. The molecule has 4 aromatic rings. The minimum atomic E-state index is -3.86. The van der Waals surface area contributed by atoms with E-state index in [1.807, 2.05) is 61.5 Å². The van der Waals surface area contributed by atoms with E-state index in [-0.39, 0.29) is 11.4 Å². The Balaban J connectivity index is 1.59. The summed E-state index contributed by atoms with van der Waals surface area (Å²) in [5.41, 5.74) is 3.84. The van der Waals surface area contributed by atoms with Gasteiger partial charge in [-0.2, -0.15) is 0 Å². The summed E-state index contributed by atoms with van der Waals surface area (Å²) in [6.07, 6.45) is -0.869. The smallest absolute Gasteiger partial charge is 0.264 e. The molecule has 0 aliphatic heterocycles. The SMILES string of the molecule is Cc1cccc(N(CC(O)C[NH+](Cc2ccccc2)Cc2ccccc2)S(=O)(=O)c2ccccc2)c1. The van der Waals surface area contributed by atoms with Crippen LogP contribution in [0, 0.1) is 6.92 Å². The van der Waals surface area contributed by atoms with Gasteiger partial charge in [0.15, 0.2) is 0 Å². The zero-order valence-electron chi connectivity index (χ0n) is 20.5. The summed E-state index contributed by atoms with van der Waals surface area (Å²) in [5.74, 6) is 0. The fraction of sp³-hybridized carbons (Fsp3) is 0.200. The third kappa shape index (κ3) is 6.82. The van der Waals surface area contributed by atoms with Crippen LogP contribution in [0.25, 0.3) is 0 Å². The molecule has 0 spiro atoms. The lowest BCUT2D eigenvalue weighted by Gasteiger charge is -2.29. The van der Waals surface area contributed by atoms with E-state index in [1.165, 1.54) is 15.4 Å². The lowest BCUT2D eigenvalue weighted by molar-refractivity contribution is -0.930. The number of aryl methyl sites for hydroxylation is 1. The number of benzene rings is 4. The Labute approximate surface area is 214 Å². The molecule has 2 N–H and O–H groups in total. The summed E-state index contributed by atoms with van der Waals surface area (Å²) in [6.45, 7) is 3.74. The lowest BCUT2D eigenvalue weighted by Crippen LogP contribution is -3.10. The van der Waals surface area contributed by atoms with Gasteiger partial charge in [-0.1, -0.05) is 91.0 Å². The average molecular weight is 502 g/mol. The maximum Gasteiger partial charge on any atom is 0.264 e. The van der Waals surface area contributed by atoms with Gasteiger partial charge < -0.3 is 10.0 Å². The maximum absolute atomic E-state index is 13.7. The second kappa shape index (κ2) is 12.0. The third-order valence-corrected chi connectivity index (χ3v) is 7.92. The summed E-state index contributed by atoms with van der Waals surface area (Å²) in [4.78, 5) is 1.36. The normalized spacial score (nSPS) is 12.4. The number of rotatable bonds is 11. The van der Waals surface area contributed by atoms with Crippen LogP contribution in [0.1, 0.15) is 16.7 Å². The van der Waals surface area contributed by atoms with Crippen molar-refractivity contribution in [1.82, 2.24) is 0 Å². The largest absolute Gasteiger partial charge is 0.385 e. The Bertz CT molecular complexity index is 1290. The second-order valence-electron chi connectivity index (χ2n) is 9.12. The van der Waals surface area contributed by atoms with Gasteiger partial charge in [-0.25, -0.2) is 8.42 Å². The first kappa shape index (κ1) is 25.6. The van der Waals surface area contributed by atoms with Gasteiger partial charge in [-0.05, 0) is 36.8 Å². The van der Waals surface area contributed by atoms with Crippen LogP contribution in [0.5, 0.6) is 0 Å². The molecule has 0 aliphatic rings. The molecule has 0 amide bonds. The van der Waals surface area contributed by atoms with Crippen molar-refractivity contribution in [2.45, 2.75) is 31.0 Å². The predicted molar refractivity (Wildman–Crippen MR) is 144 cm³/mol. The van der Waals surface area contributed by atoms with Crippen LogP contribution in [-0.2, 0) is 23.1 Å². The molecule has 0 fully saturated rings. The molecule has 0 radical (unpaired) electrons. The van der Waals surface area contributed by atoms with Gasteiger partial charge in [-0.15, -0.1) is 0 Å². The van der Waals surface area contributed by atoms with E-state index in [1.54, 1.807) is 36.4 Å². The van der Waals surface area contributed by atoms with E-state index in [0.717, 1.165) is 23.6 Å². The average Bonchev–Trinajstić information content (AvgIpc) is 2.89. The molecule has 6 heteroatoms. The number of anilines is 1. The van der Waals surface area contributed by atoms with Crippen LogP contribution in [0.4, 0.5) is 5.69 Å². The van der Waals surface area contributed by atoms with E-state index >= 15 is 0 Å². The summed E-state index contributed by atoms with van der Waals surface area (Å²) in [6, 6.07) is 36.1. The minimum absolute atomic E-state index is 0.0340. The topological polar surface area (TPSA) is 62.1 Å². The van der Waals surface area contributed by atoms with Crippen molar-refractivity contribution in [1.29, 1.82) is 0 Å². The fourth-order valence-corrected chi connectivity index (χ4v) is 5.93. The van der Waals surface area contributed by atoms with Crippen LogP contribution in [0.2, 0.25) is 0 Å².